The highest BCUT2D eigenvalue weighted by Crippen LogP contribution is 2.48. The summed E-state index contributed by atoms with van der Waals surface area (Å²) in [6.45, 7) is 3.22. The number of hydrogen-bond acceptors (Lipinski definition) is 7. The van der Waals surface area contributed by atoms with Gasteiger partial charge in [-0.15, -0.1) is 0 Å². The highest BCUT2D eigenvalue weighted by molar-refractivity contribution is 8.16. The summed E-state index contributed by atoms with van der Waals surface area (Å²) in [6.07, 6.45) is -4.89. The maximum Gasteiger partial charge on any atom is 0.434 e. The molecule has 3 heterocycles. The van der Waals surface area contributed by atoms with Crippen LogP contribution in [-0.4, -0.2) is 65.9 Å². The highest BCUT2D eigenvalue weighted by Gasteiger charge is 2.49. The van der Waals surface area contributed by atoms with Crippen molar-refractivity contribution >= 4 is 28.8 Å². The van der Waals surface area contributed by atoms with Crippen LogP contribution in [0.4, 0.5) is 13.2 Å². The summed E-state index contributed by atoms with van der Waals surface area (Å²) in [5, 5.41) is 1.68. The molecule has 1 aromatic carbocycles. The summed E-state index contributed by atoms with van der Waals surface area (Å²) in [5.41, 5.74) is -0.928. The Hall–Kier alpha value is -2.79. The molecule has 4 rings (SSSR count). The van der Waals surface area contributed by atoms with E-state index in [2.05, 4.69) is 4.99 Å². The minimum atomic E-state index is -4.86. The molecule has 0 N–H and O–H groups in total. The Bertz CT molecular complexity index is 1020. The SMILES string of the molecule is CCOC(=O)C1=C(C(F)(F)F)N=C2SC=C(CC(=O)N3CCOCC3)N2C1c1ccccc1. The molecule has 1 amide bonds. The topological polar surface area (TPSA) is 71.4 Å². The second-order valence-electron chi connectivity index (χ2n) is 7.46. The van der Waals surface area contributed by atoms with Gasteiger partial charge in [-0.3, -0.25) is 4.79 Å². The molecule has 0 aromatic heterocycles. The average molecular weight is 481 g/mol. The van der Waals surface area contributed by atoms with E-state index >= 15 is 0 Å². The lowest BCUT2D eigenvalue weighted by Gasteiger charge is -2.37. The van der Waals surface area contributed by atoms with Crippen molar-refractivity contribution in [2.75, 3.05) is 32.9 Å². The monoisotopic (exact) mass is 481 g/mol. The second kappa shape index (κ2) is 9.60. The number of fused-ring (bicyclic) bond motifs is 1. The molecule has 33 heavy (non-hydrogen) atoms. The van der Waals surface area contributed by atoms with Crippen molar-refractivity contribution in [1.82, 2.24) is 9.80 Å². The van der Waals surface area contributed by atoms with E-state index in [4.69, 9.17) is 9.47 Å². The first-order valence-corrected chi connectivity index (χ1v) is 11.3. The number of hydrogen-bond donors (Lipinski definition) is 0. The fraction of sp³-hybridized carbons (Fsp3) is 0.409. The van der Waals surface area contributed by atoms with Crippen LogP contribution in [0.2, 0.25) is 0 Å². The number of amides is 1. The number of amidine groups is 1. The van der Waals surface area contributed by atoms with Crippen molar-refractivity contribution in [3.8, 4) is 0 Å². The summed E-state index contributed by atoms with van der Waals surface area (Å²) >= 11 is 1.00. The zero-order valence-corrected chi connectivity index (χ0v) is 18.6. The molecule has 176 valence electrons. The number of ether oxygens (including phenoxy) is 2. The van der Waals surface area contributed by atoms with Gasteiger partial charge in [0.15, 0.2) is 10.9 Å². The van der Waals surface area contributed by atoms with Crippen molar-refractivity contribution < 1.29 is 32.2 Å². The lowest BCUT2D eigenvalue weighted by atomic mass is 9.93. The number of allylic oxidation sites excluding steroid dienone is 1. The molecule has 3 aliphatic rings. The van der Waals surface area contributed by atoms with Crippen LogP contribution in [-0.2, 0) is 19.1 Å². The molecule has 3 aliphatic heterocycles. The summed E-state index contributed by atoms with van der Waals surface area (Å²) in [7, 11) is 0. The van der Waals surface area contributed by atoms with Crippen LogP contribution in [0.25, 0.3) is 0 Å². The van der Waals surface area contributed by atoms with Crippen LogP contribution in [0.5, 0.6) is 0 Å². The fourth-order valence-corrected chi connectivity index (χ4v) is 4.84. The highest BCUT2D eigenvalue weighted by atomic mass is 32.2. The van der Waals surface area contributed by atoms with E-state index in [1.165, 1.54) is 6.92 Å². The van der Waals surface area contributed by atoms with E-state index < -0.39 is 29.5 Å². The molecule has 1 fully saturated rings. The Kier molecular flexibility index (Phi) is 6.80. The first-order chi connectivity index (χ1) is 15.8. The van der Waals surface area contributed by atoms with Crippen molar-refractivity contribution in [3.05, 3.63) is 58.3 Å². The molecule has 1 aromatic rings. The molecule has 0 bridgehead atoms. The zero-order valence-electron chi connectivity index (χ0n) is 17.8. The van der Waals surface area contributed by atoms with Crippen LogP contribution >= 0.6 is 11.8 Å². The van der Waals surface area contributed by atoms with Gasteiger partial charge in [0.05, 0.1) is 37.9 Å². The number of esters is 1. The molecule has 0 radical (unpaired) electrons. The number of halogens is 3. The second-order valence-corrected chi connectivity index (χ2v) is 8.29. The Balaban J connectivity index is 1.76. The first-order valence-electron chi connectivity index (χ1n) is 10.4. The van der Waals surface area contributed by atoms with E-state index in [0.717, 1.165) is 11.8 Å². The van der Waals surface area contributed by atoms with Gasteiger partial charge in [0.1, 0.15) is 0 Å². The van der Waals surface area contributed by atoms with Crippen molar-refractivity contribution in [1.29, 1.82) is 0 Å². The van der Waals surface area contributed by atoms with Crippen LogP contribution in [0, 0.1) is 0 Å². The maximum absolute atomic E-state index is 14.0. The molecule has 0 saturated carbocycles. The Morgan fingerprint density at radius 1 is 1.21 bits per heavy atom. The molecular weight excluding hydrogens is 459 g/mol. The number of rotatable bonds is 5. The predicted molar refractivity (Wildman–Crippen MR) is 116 cm³/mol. The molecule has 11 heteroatoms. The molecule has 0 aliphatic carbocycles. The third kappa shape index (κ3) is 4.79. The molecule has 0 spiro atoms. The number of thioether (sulfide) groups is 1. The number of benzene rings is 1. The molecule has 7 nitrogen and oxygen atoms in total. The predicted octanol–water partition coefficient (Wildman–Crippen LogP) is 3.62. The number of carbonyl (C=O) groups is 2. The van der Waals surface area contributed by atoms with Gasteiger partial charge >= 0.3 is 12.1 Å². The molecule has 1 atom stereocenters. The Labute approximate surface area is 192 Å². The maximum atomic E-state index is 14.0. The van der Waals surface area contributed by atoms with Gasteiger partial charge in [-0.1, -0.05) is 42.1 Å². The van der Waals surface area contributed by atoms with Gasteiger partial charge in [0, 0.05) is 18.8 Å². The summed E-state index contributed by atoms with van der Waals surface area (Å²) < 4.78 is 52.3. The number of alkyl halides is 3. The smallest absolute Gasteiger partial charge is 0.434 e. The zero-order chi connectivity index (χ0) is 23.6. The van der Waals surface area contributed by atoms with Crippen LogP contribution < -0.4 is 0 Å². The number of aliphatic imine (C=N–C) groups is 1. The van der Waals surface area contributed by atoms with Crippen molar-refractivity contribution in [2.24, 2.45) is 4.99 Å². The quantitative estimate of drug-likeness (QED) is 0.599. The minimum Gasteiger partial charge on any atom is -0.463 e. The van der Waals surface area contributed by atoms with Gasteiger partial charge in [0.25, 0.3) is 0 Å². The van der Waals surface area contributed by atoms with Gasteiger partial charge in [-0.05, 0) is 17.9 Å². The van der Waals surface area contributed by atoms with Crippen molar-refractivity contribution in [2.45, 2.75) is 25.6 Å². The molecular formula is C22H22F3N3O4S. The van der Waals surface area contributed by atoms with E-state index in [1.807, 2.05) is 0 Å². The van der Waals surface area contributed by atoms with Crippen LogP contribution in [0.15, 0.2) is 57.7 Å². The van der Waals surface area contributed by atoms with Crippen LogP contribution in [0.1, 0.15) is 24.9 Å². The van der Waals surface area contributed by atoms with Gasteiger partial charge in [0.2, 0.25) is 5.91 Å². The van der Waals surface area contributed by atoms with Gasteiger partial charge < -0.3 is 19.3 Å². The van der Waals surface area contributed by atoms with E-state index in [9.17, 15) is 22.8 Å². The molecule has 1 saturated heterocycles. The summed E-state index contributed by atoms with van der Waals surface area (Å²) in [6, 6.07) is 7.26. The van der Waals surface area contributed by atoms with E-state index in [1.54, 1.807) is 45.5 Å². The summed E-state index contributed by atoms with van der Waals surface area (Å²) in [4.78, 5) is 32.7. The van der Waals surface area contributed by atoms with Gasteiger partial charge in [-0.25, -0.2) is 9.79 Å². The largest absolute Gasteiger partial charge is 0.463 e. The van der Waals surface area contributed by atoms with Crippen LogP contribution in [0.3, 0.4) is 0 Å². The number of nitrogens with zero attached hydrogens (tertiary/aromatic N) is 3. The molecule has 1 unspecified atom stereocenters. The van der Waals surface area contributed by atoms with E-state index in [-0.39, 0.29) is 24.1 Å². The summed E-state index contributed by atoms with van der Waals surface area (Å²) in [5.74, 6) is -1.25. The Morgan fingerprint density at radius 2 is 1.91 bits per heavy atom. The normalized spacial score (nSPS) is 20.9. The fourth-order valence-electron chi connectivity index (χ4n) is 3.92. The number of carbonyl (C=O) groups excluding carboxylic acids is 2. The minimum absolute atomic E-state index is 0.0349. The average Bonchev–Trinajstić information content (AvgIpc) is 3.21. The lowest BCUT2D eigenvalue weighted by molar-refractivity contribution is -0.140. The number of morpholine rings is 1. The Morgan fingerprint density at radius 3 is 2.55 bits per heavy atom. The van der Waals surface area contributed by atoms with E-state index in [0.29, 0.717) is 37.6 Å². The third-order valence-corrected chi connectivity index (χ3v) is 6.27. The third-order valence-electron chi connectivity index (χ3n) is 5.39. The lowest BCUT2D eigenvalue weighted by Crippen LogP contribution is -2.43. The standard InChI is InChI=1S/C22H22F3N3O4S/c1-2-32-20(30)17-18(14-6-4-3-5-7-14)28-15(12-16(29)27-8-10-31-11-9-27)13-33-21(28)26-19(17)22(23,24)25/h3-7,13,18H,2,8-12H2,1H3. The first kappa shape index (κ1) is 23.4. The van der Waals surface area contributed by atoms with Gasteiger partial charge in [-0.2, -0.15) is 13.2 Å². The van der Waals surface area contributed by atoms with Crippen molar-refractivity contribution in [3.63, 3.8) is 0 Å².